The Bertz CT molecular complexity index is 1430. The van der Waals surface area contributed by atoms with Crippen molar-refractivity contribution in [1.82, 2.24) is 0 Å². The molecule has 0 aromatic rings. The van der Waals surface area contributed by atoms with Gasteiger partial charge in [-0.2, -0.15) is 0 Å². The van der Waals surface area contributed by atoms with E-state index in [-0.39, 0.29) is 31.1 Å². The summed E-state index contributed by atoms with van der Waals surface area (Å²) in [5, 5.41) is 41.2. The summed E-state index contributed by atoms with van der Waals surface area (Å²) < 4.78 is 47.8. The molecule has 0 amide bonds. The molecule has 372 valence electrons. The van der Waals surface area contributed by atoms with E-state index in [2.05, 4.69) is 47.2 Å². The van der Waals surface area contributed by atoms with Crippen molar-refractivity contribution in [2.24, 2.45) is 11.8 Å². The van der Waals surface area contributed by atoms with Crippen molar-refractivity contribution < 1.29 is 76.9 Å². The van der Waals surface area contributed by atoms with Crippen molar-refractivity contribution in [3.8, 4) is 0 Å². The van der Waals surface area contributed by atoms with Crippen LogP contribution in [0.15, 0.2) is 48.6 Å². The highest BCUT2D eigenvalue weighted by Gasteiger charge is 2.39. The van der Waals surface area contributed by atoms with E-state index >= 15 is 0 Å². The van der Waals surface area contributed by atoms with Gasteiger partial charge in [0, 0.05) is 25.2 Å². The molecule has 0 aliphatic heterocycles. The summed E-state index contributed by atoms with van der Waals surface area (Å²) in [5.41, 5.74) is 0. The lowest BCUT2D eigenvalue weighted by Gasteiger charge is -2.21. The summed E-state index contributed by atoms with van der Waals surface area (Å²) in [6.07, 6.45) is 30.3. The third kappa shape index (κ3) is 33.4. The number of phosphoric ester groups is 2. The smallest absolute Gasteiger partial charge is 0.462 e. The molecule has 8 atom stereocenters. The normalized spacial score (nSPS) is 20.7. The number of rotatable bonds is 40. The lowest BCUT2D eigenvalue weighted by Crippen LogP contribution is -2.29. The number of aliphatic hydroxyl groups excluding tert-OH is 4. The molecule has 18 heteroatoms. The number of unbranched alkanes of at least 4 members (excludes halogenated alkanes) is 12. The van der Waals surface area contributed by atoms with Gasteiger partial charge >= 0.3 is 27.6 Å². The van der Waals surface area contributed by atoms with Gasteiger partial charge < -0.3 is 44.6 Å². The quantitative estimate of drug-likeness (QED) is 0.0131. The third-order valence-corrected chi connectivity index (χ3v) is 12.2. The Morgan fingerprint density at radius 1 is 0.641 bits per heavy atom. The summed E-state index contributed by atoms with van der Waals surface area (Å²) in [6.45, 7) is 1.37. The maximum absolute atomic E-state index is 12.7. The molecule has 7 N–H and O–H groups in total. The maximum Gasteiger partial charge on any atom is 0.472 e. The minimum absolute atomic E-state index is 0.0158. The molecular weight excluding hydrogens is 870 g/mol. The van der Waals surface area contributed by atoms with E-state index < -0.39 is 84.5 Å². The second kappa shape index (κ2) is 37.0. The Labute approximate surface area is 382 Å². The Morgan fingerprint density at radius 2 is 1.20 bits per heavy atom. The number of hydrogen-bond acceptors (Lipinski definition) is 13. The first kappa shape index (κ1) is 60.0. The fourth-order valence-corrected chi connectivity index (χ4v) is 8.32. The zero-order chi connectivity index (χ0) is 47.5. The zero-order valence-electron chi connectivity index (χ0n) is 38.5. The first-order valence-electron chi connectivity index (χ1n) is 23.6. The van der Waals surface area contributed by atoms with E-state index in [1.807, 2.05) is 18.2 Å². The van der Waals surface area contributed by atoms with Gasteiger partial charge in [-0.3, -0.25) is 23.2 Å². The van der Waals surface area contributed by atoms with Crippen LogP contribution in [0.1, 0.15) is 162 Å². The van der Waals surface area contributed by atoms with Crippen LogP contribution in [0, 0.1) is 11.8 Å². The number of phosphoric acid groups is 2. The molecule has 16 nitrogen and oxygen atoms in total. The second-order valence-electron chi connectivity index (χ2n) is 16.6. The SMILES string of the molecule is CCCCCCCC/C=C\C/C=C\C/C=C\CCCC(=O)O[C@H](COC(=O)CCCCCC[C@@H]1[C@@H](/C=C/[C@@H](O)CCCCC)[C@H](O)C[C@@H]1O)COP(=O)(O)OC[C@@H](O)COP(=O)(O)O. The van der Waals surface area contributed by atoms with E-state index in [9.17, 15) is 44.0 Å². The van der Waals surface area contributed by atoms with Crippen molar-refractivity contribution in [3.63, 3.8) is 0 Å². The largest absolute Gasteiger partial charge is 0.472 e. The number of aliphatic hydroxyl groups is 4. The van der Waals surface area contributed by atoms with Gasteiger partial charge in [0.05, 0.1) is 38.1 Å². The topological polar surface area (TPSA) is 256 Å². The summed E-state index contributed by atoms with van der Waals surface area (Å²) in [6, 6.07) is 0. The van der Waals surface area contributed by atoms with Gasteiger partial charge in [-0.15, -0.1) is 0 Å². The van der Waals surface area contributed by atoms with Gasteiger partial charge in [0.25, 0.3) is 0 Å². The number of ether oxygens (including phenoxy) is 2. The number of carbonyl (C=O) groups is 2. The van der Waals surface area contributed by atoms with Gasteiger partial charge in [0.1, 0.15) is 12.7 Å². The Balaban J connectivity index is 2.55. The summed E-state index contributed by atoms with van der Waals surface area (Å²) >= 11 is 0. The predicted octanol–water partition coefficient (Wildman–Crippen LogP) is 8.61. The van der Waals surface area contributed by atoms with E-state index in [4.69, 9.17) is 23.8 Å². The average Bonchev–Trinajstić information content (AvgIpc) is 3.51. The monoisotopic (exact) mass is 953 g/mol. The van der Waals surface area contributed by atoms with E-state index in [0.717, 1.165) is 51.4 Å². The van der Waals surface area contributed by atoms with Gasteiger partial charge in [-0.05, 0) is 63.7 Å². The molecule has 0 radical (unpaired) electrons. The van der Waals surface area contributed by atoms with Gasteiger partial charge in [0.2, 0.25) is 0 Å². The van der Waals surface area contributed by atoms with Crippen molar-refractivity contribution in [3.05, 3.63) is 48.6 Å². The number of carbonyl (C=O) groups excluding carboxylic acids is 2. The molecule has 0 aromatic heterocycles. The molecule has 64 heavy (non-hydrogen) atoms. The first-order valence-corrected chi connectivity index (χ1v) is 26.6. The Morgan fingerprint density at radius 3 is 1.89 bits per heavy atom. The molecule has 1 fully saturated rings. The minimum atomic E-state index is -4.90. The van der Waals surface area contributed by atoms with Crippen molar-refractivity contribution in [2.75, 3.05) is 26.4 Å². The first-order chi connectivity index (χ1) is 30.6. The van der Waals surface area contributed by atoms with Gasteiger partial charge in [0.15, 0.2) is 6.10 Å². The minimum Gasteiger partial charge on any atom is -0.462 e. The fraction of sp³-hybridized carbons (Fsp3) is 0.783. The molecule has 1 saturated carbocycles. The number of hydrogen-bond donors (Lipinski definition) is 7. The molecule has 0 bridgehead atoms. The van der Waals surface area contributed by atoms with Gasteiger partial charge in [-0.1, -0.05) is 133 Å². The van der Waals surface area contributed by atoms with Gasteiger partial charge in [-0.25, -0.2) is 9.13 Å². The van der Waals surface area contributed by atoms with Crippen LogP contribution in [0.3, 0.4) is 0 Å². The predicted molar refractivity (Wildman–Crippen MR) is 246 cm³/mol. The molecule has 1 rings (SSSR count). The van der Waals surface area contributed by atoms with Crippen molar-refractivity contribution >= 4 is 27.6 Å². The highest BCUT2D eigenvalue weighted by atomic mass is 31.2. The van der Waals surface area contributed by atoms with E-state index in [1.54, 1.807) is 6.08 Å². The fourth-order valence-electron chi connectivity index (χ4n) is 7.17. The van der Waals surface area contributed by atoms with Crippen LogP contribution in [0.5, 0.6) is 0 Å². The molecular formula is C46H82O16P2. The van der Waals surface area contributed by atoms with Crippen LogP contribution in [0.4, 0.5) is 0 Å². The van der Waals surface area contributed by atoms with Crippen LogP contribution in [-0.4, -0.2) is 104 Å². The van der Waals surface area contributed by atoms with Crippen LogP contribution in [0.2, 0.25) is 0 Å². The van der Waals surface area contributed by atoms with Crippen molar-refractivity contribution in [1.29, 1.82) is 0 Å². The third-order valence-electron chi connectivity index (χ3n) is 10.8. The zero-order valence-corrected chi connectivity index (χ0v) is 40.2. The van der Waals surface area contributed by atoms with Crippen molar-refractivity contribution in [2.45, 2.75) is 192 Å². The van der Waals surface area contributed by atoms with E-state index in [0.29, 0.717) is 38.5 Å². The molecule has 0 aromatic carbocycles. The highest BCUT2D eigenvalue weighted by molar-refractivity contribution is 7.47. The summed E-state index contributed by atoms with van der Waals surface area (Å²) in [4.78, 5) is 53.0. The molecule has 0 heterocycles. The second-order valence-corrected chi connectivity index (χ2v) is 19.3. The molecule has 0 saturated heterocycles. The van der Waals surface area contributed by atoms with Crippen LogP contribution < -0.4 is 0 Å². The van der Waals surface area contributed by atoms with Crippen LogP contribution in [0.25, 0.3) is 0 Å². The number of esters is 2. The molecule has 1 unspecified atom stereocenters. The lowest BCUT2D eigenvalue weighted by molar-refractivity contribution is -0.161. The molecule has 0 spiro atoms. The highest BCUT2D eigenvalue weighted by Crippen LogP contribution is 2.44. The lowest BCUT2D eigenvalue weighted by atomic mass is 9.88. The molecule has 1 aliphatic carbocycles. The average molecular weight is 953 g/mol. The summed E-state index contributed by atoms with van der Waals surface area (Å²) in [7, 11) is -9.78. The Hall–Kier alpha value is -2.04. The molecule has 1 aliphatic rings. The maximum atomic E-state index is 12.7. The Kier molecular flexibility index (Phi) is 34.7. The van der Waals surface area contributed by atoms with E-state index in [1.165, 1.54) is 38.5 Å². The summed E-state index contributed by atoms with van der Waals surface area (Å²) in [5.74, 6) is -1.60. The number of allylic oxidation sites excluding steroid dienone is 6. The van der Waals surface area contributed by atoms with Crippen LogP contribution in [-0.2, 0) is 41.8 Å². The van der Waals surface area contributed by atoms with Crippen LogP contribution >= 0.6 is 15.6 Å². The standard InChI is InChI=1S/C46H82O16P2/c1-3-5-7-8-9-10-11-12-13-14-15-16-17-18-19-20-26-30-46(52)62-40(37-61-64(56,57)60-35-39(48)34-59-63(53,54)55)36-58-45(51)29-25-22-21-24-28-41-42(44(50)33-43(41)49)32-31-38(47)27-23-6-4-2/h12-13,15-16,18-19,31-32,38-44,47-50H,3-11,14,17,20-30,33-37H2,1-2H3,(H,56,57)(H2,53,54,55)/b13-12-,16-15-,19-18-,32-31+/t38-,39-,40+,41+,42+,43-,44+/m0/s1.